The van der Waals surface area contributed by atoms with Crippen molar-refractivity contribution in [2.75, 3.05) is 0 Å². The van der Waals surface area contributed by atoms with Gasteiger partial charge in [-0.25, -0.2) is 13.6 Å². The first-order valence-electron chi connectivity index (χ1n) is 11.1. The largest absolute Gasteiger partial charge is 0.478 e. The summed E-state index contributed by atoms with van der Waals surface area (Å²) in [7, 11) is 1.60. The lowest BCUT2D eigenvalue weighted by molar-refractivity contribution is 0.0692. The second-order valence-corrected chi connectivity index (χ2v) is 8.91. The monoisotopic (exact) mass is 522 g/mol. The first-order valence-corrected chi connectivity index (χ1v) is 11.5. The highest BCUT2D eigenvalue weighted by atomic mass is 35.5. The van der Waals surface area contributed by atoms with Gasteiger partial charge in [0.2, 0.25) is 5.56 Å². The smallest absolute Gasteiger partial charge is 0.338 e. The molecule has 2 N–H and O–H groups in total. The van der Waals surface area contributed by atoms with E-state index in [0.717, 1.165) is 6.07 Å². The van der Waals surface area contributed by atoms with E-state index in [0.29, 0.717) is 22.3 Å². The Balaban J connectivity index is 1.76. The van der Waals surface area contributed by atoms with E-state index in [2.05, 4.69) is 5.16 Å². The lowest BCUT2D eigenvalue weighted by Crippen LogP contribution is -2.20. The first kappa shape index (κ1) is 25.8. The van der Waals surface area contributed by atoms with Crippen molar-refractivity contribution in [1.82, 2.24) is 4.57 Å². The third-order valence-electron chi connectivity index (χ3n) is 6.04. The predicted molar refractivity (Wildman–Crippen MR) is 137 cm³/mol. The fourth-order valence-corrected chi connectivity index (χ4v) is 4.34. The minimum Gasteiger partial charge on any atom is -0.478 e. The lowest BCUT2D eigenvalue weighted by atomic mass is 9.84. The molecule has 0 amide bonds. The number of halogens is 3. The Labute approximate surface area is 215 Å². The molecule has 0 aliphatic heterocycles. The number of aryl methyl sites for hydroxylation is 1. The molecule has 4 aromatic rings. The molecule has 37 heavy (non-hydrogen) atoms. The van der Waals surface area contributed by atoms with Crippen LogP contribution in [0.15, 0.2) is 88.9 Å². The molecule has 0 saturated heterocycles. The van der Waals surface area contributed by atoms with Gasteiger partial charge in [0.1, 0.15) is 11.6 Å². The van der Waals surface area contributed by atoms with Gasteiger partial charge in [-0.15, -0.1) is 0 Å². The molecule has 9 heteroatoms. The van der Waals surface area contributed by atoms with Crippen molar-refractivity contribution in [1.29, 1.82) is 0 Å². The van der Waals surface area contributed by atoms with Gasteiger partial charge in [0, 0.05) is 36.3 Å². The quantitative estimate of drug-likeness (QED) is 0.180. The zero-order chi connectivity index (χ0) is 26.7. The van der Waals surface area contributed by atoms with Crippen molar-refractivity contribution < 1.29 is 23.9 Å². The number of carboxylic acid groups (broad SMARTS) is 1. The standard InChI is InChI=1S/C28H21ClF2N2O4/c1-33-15-16(2-11-26(33)34)12-25(32-37)27(21-10-8-20(29)14-24(21)31)18-5-3-17(4-6-18)19-7-9-22(28(35)36)23(30)13-19/h2-11,13-15,27,37H,12H2,1H3,(H,35,36)/b32-25+. The van der Waals surface area contributed by atoms with Crippen LogP contribution in [0.5, 0.6) is 0 Å². The minimum absolute atomic E-state index is 0.126. The van der Waals surface area contributed by atoms with Crippen LogP contribution in [0.1, 0.15) is 33.0 Å². The molecule has 0 fully saturated rings. The van der Waals surface area contributed by atoms with Gasteiger partial charge in [0.05, 0.1) is 17.2 Å². The third-order valence-corrected chi connectivity index (χ3v) is 6.28. The molecule has 4 rings (SSSR count). The van der Waals surface area contributed by atoms with E-state index in [1.54, 1.807) is 43.6 Å². The van der Waals surface area contributed by atoms with E-state index in [1.807, 2.05) is 0 Å². The highest BCUT2D eigenvalue weighted by Gasteiger charge is 2.25. The van der Waals surface area contributed by atoms with Gasteiger partial charge >= 0.3 is 5.97 Å². The van der Waals surface area contributed by atoms with Gasteiger partial charge in [-0.3, -0.25) is 4.79 Å². The summed E-state index contributed by atoms with van der Waals surface area (Å²) in [6, 6.07) is 17.8. The zero-order valence-corrected chi connectivity index (χ0v) is 20.3. The maximum atomic E-state index is 15.1. The maximum absolute atomic E-state index is 15.1. The molecule has 1 atom stereocenters. The molecule has 0 saturated carbocycles. The molecule has 3 aromatic carbocycles. The number of nitrogens with zero attached hydrogens (tertiary/aromatic N) is 2. The molecule has 0 bridgehead atoms. The maximum Gasteiger partial charge on any atom is 0.338 e. The lowest BCUT2D eigenvalue weighted by Gasteiger charge is -2.21. The molecule has 6 nitrogen and oxygen atoms in total. The molecular weight excluding hydrogens is 502 g/mol. The number of pyridine rings is 1. The van der Waals surface area contributed by atoms with Crippen LogP contribution in [0.4, 0.5) is 8.78 Å². The number of hydrogen-bond donors (Lipinski definition) is 2. The summed E-state index contributed by atoms with van der Waals surface area (Å²) >= 11 is 5.96. The predicted octanol–water partition coefficient (Wildman–Crippen LogP) is 5.89. The van der Waals surface area contributed by atoms with Crippen LogP contribution >= 0.6 is 11.6 Å². The van der Waals surface area contributed by atoms with E-state index < -0.39 is 29.1 Å². The number of carboxylic acids is 1. The van der Waals surface area contributed by atoms with Crippen molar-refractivity contribution in [3.8, 4) is 11.1 Å². The number of benzene rings is 3. The molecule has 1 unspecified atom stereocenters. The summed E-state index contributed by atoms with van der Waals surface area (Å²) in [5.41, 5.74) is 2.16. The number of rotatable bonds is 7. The summed E-state index contributed by atoms with van der Waals surface area (Å²) in [5.74, 6) is -3.61. The fourth-order valence-electron chi connectivity index (χ4n) is 4.18. The van der Waals surface area contributed by atoms with Gasteiger partial charge in [0.15, 0.2) is 0 Å². The Kier molecular flexibility index (Phi) is 7.50. The van der Waals surface area contributed by atoms with Crippen LogP contribution in [0.2, 0.25) is 5.02 Å². The topological polar surface area (TPSA) is 91.9 Å². The Morgan fingerprint density at radius 1 is 0.973 bits per heavy atom. The van der Waals surface area contributed by atoms with E-state index in [9.17, 15) is 19.2 Å². The molecule has 0 radical (unpaired) electrons. The van der Waals surface area contributed by atoms with E-state index in [-0.39, 0.29) is 28.3 Å². The Morgan fingerprint density at radius 2 is 1.68 bits per heavy atom. The highest BCUT2D eigenvalue weighted by Crippen LogP contribution is 2.33. The van der Waals surface area contributed by atoms with Crippen molar-refractivity contribution in [2.45, 2.75) is 12.3 Å². The normalized spacial score (nSPS) is 12.4. The summed E-state index contributed by atoms with van der Waals surface area (Å²) in [5, 5.41) is 22.7. The minimum atomic E-state index is -1.36. The van der Waals surface area contributed by atoms with Crippen molar-refractivity contribution in [3.63, 3.8) is 0 Å². The molecular formula is C28H21ClF2N2O4. The van der Waals surface area contributed by atoms with Crippen LogP contribution in [0.3, 0.4) is 0 Å². The molecule has 1 aromatic heterocycles. The molecule has 0 spiro atoms. The van der Waals surface area contributed by atoms with Crippen LogP contribution in [-0.2, 0) is 13.5 Å². The van der Waals surface area contributed by atoms with Crippen LogP contribution in [0, 0.1) is 11.6 Å². The third kappa shape index (κ3) is 5.59. The van der Waals surface area contributed by atoms with Crippen molar-refractivity contribution in [2.24, 2.45) is 12.2 Å². The van der Waals surface area contributed by atoms with Gasteiger partial charge in [-0.2, -0.15) is 0 Å². The van der Waals surface area contributed by atoms with E-state index in [1.165, 1.54) is 41.0 Å². The fraction of sp³-hybridized carbons (Fsp3) is 0.107. The van der Waals surface area contributed by atoms with Crippen LogP contribution < -0.4 is 5.56 Å². The molecule has 0 aliphatic carbocycles. The van der Waals surface area contributed by atoms with Crippen molar-refractivity contribution in [3.05, 3.63) is 128 Å². The van der Waals surface area contributed by atoms with Gasteiger partial charge in [-0.05, 0) is 46.5 Å². The van der Waals surface area contributed by atoms with Crippen LogP contribution in [-0.4, -0.2) is 26.6 Å². The van der Waals surface area contributed by atoms with Crippen molar-refractivity contribution >= 4 is 23.3 Å². The Bertz CT molecular complexity index is 1570. The summed E-state index contributed by atoms with van der Waals surface area (Å²) in [6.45, 7) is 0. The SMILES string of the molecule is Cn1cc(C/C(=N\O)C(c2ccc(-c3ccc(C(=O)O)c(F)c3)cc2)c2ccc(Cl)cc2F)ccc1=O. The number of carbonyl (C=O) groups is 1. The molecule has 0 aliphatic rings. The number of aromatic nitrogens is 1. The number of oxime groups is 1. The van der Waals surface area contributed by atoms with E-state index >= 15 is 4.39 Å². The average Bonchev–Trinajstić information content (AvgIpc) is 2.87. The van der Waals surface area contributed by atoms with Crippen LogP contribution in [0.25, 0.3) is 11.1 Å². The van der Waals surface area contributed by atoms with Gasteiger partial charge in [-0.1, -0.05) is 59.2 Å². The molecule has 1 heterocycles. The Hall–Kier alpha value is -4.30. The average molecular weight is 523 g/mol. The van der Waals surface area contributed by atoms with E-state index in [4.69, 9.17) is 16.7 Å². The Morgan fingerprint density at radius 3 is 2.27 bits per heavy atom. The van der Waals surface area contributed by atoms with Gasteiger partial charge < -0.3 is 14.9 Å². The summed E-state index contributed by atoms with van der Waals surface area (Å²) < 4.78 is 30.7. The first-order chi connectivity index (χ1) is 17.7. The van der Waals surface area contributed by atoms with Gasteiger partial charge in [0.25, 0.3) is 0 Å². The number of hydrogen-bond acceptors (Lipinski definition) is 4. The summed E-state index contributed by atoms with van der Waals surface area (Å²) in [6.07, 6.45) is 1.74. The second-order valence-electron chi connectivity index (χ2n) is 8.48. The zero-order valence-electron chi connectivity index (χ0n) is 19.5. The summed E-state index contributed by atoms with van der Waals surface area (Å²) in [4.78, 5) is 22.9. The number of aromatic carboxylic acids is 1. The highest BCUT2D eigenvalue weighted by molar-refractivity contribution is 6.30. The molecule has 188 valence electrons. The second kappa shape index (κ2) is 10.8.